The fraction of sp³-hybridized carbons (Fsp3) is 0.533. The van der Waals surface area contributed by atoms with E-state index in [1.807, 2.05) is 19.1 Å². The van der Waals surface area contributed by atoms with Crippen LogP contribution in [0, 0.1) is 12.8 Å². The zero-order chi connectivity index (χ0) is 14.7. The Bertz CT molecular complexity index is 496. The van der Waals surface area contributed by atoms with Gasteiger partial charge >= 0.3 is 0 Å². The third-order valence-corrected chi connectivity index (χ3v) is 4.29. The van der Waals surface area contributed by atoms with Gasteiger partial charge < -0.3 is 11.1 Å². The molecule has 0 radical (unpaired) electrons. The maximum atomic E-state index is 12.0. The Kier molecular flexibility index (Phi) is 6.94. The molecule has 1 saturated heterocycles. The highest BCUT2D eigenvalue weighted by Crippen LogP contribution is 2.20. The van der Waals surface area contributed by atoms with E-state index in [1.165, 1.54) is 0 Å². The number of hydrogen-bond donors (Lipinski definition) is 2. The molecule has 1 aromatic rings. The summed E-state index contributed by atoms with van der Waals surface area (Å²) in [4.78, 5) is 14.2. The van der Waals surface area contributed by atoms with Gasteiger partial charge in [-0.3, -0.25) is 9.69 Å². The molecule has 2 rings (SSSR count). The lowest BCUT2D eigenvalue weighted by atomic mass is 9.95. The summed E-state index contributed by atoms with van der Waals surface area (Å²) in [6.45, 7) is 6.24. The Labute approximate surface area is 137 Å². The standard InChI is InChI=1S/C15H22ClN3O.ClH/c1-10-3-4-12(7-13(10)16)18-15(20)9-19-6-5-14(17)11(2)8-19;/h3-4,7,11,14H,5-6,8-9,17H2,1-2H3,(H,18,20);1H. The molecule has 21 heavy (non-hydrogen) atoms. The van der Waals surface area contributed by atoms with Gasteiger partial charge in [-0.05, 0) is 37.0 Å². The summed E-state index contributed by atoms with van der Waals surface area (Å²) in [5, 5.41) is 3.55. The van der Waals surface area contributed by atoms with Crippen molar-refractivity contribution in [2.45, 2.75) is 26.3 Å². The minimum absolute atomic E-state index is 0. The molecule has 0 aliphatic carbocycles. The molecule has 0 aromatic heterocycles. The molecule has 1 aromatic carbocycles. The maximum absolute atomic E-state index is 12.0. The number of piperidine rings is 1. The summed E-state index contributed by atoms with van der Waals surface area (Å²) >= 11 is 6.05. The summed E-state index contributed by atoms with van der Waals surface area (Å²) < 4.78 is 0. The number of carbonyl (C=O) groups is 1. The Balaban J connectivity index is 0.00000220. The zero-order valence-corrected chi connectivity index (χ0v) is 14.0. The van der Waals surface area contributed by atoms with Crippen molar-refractivity contribution in [1.82, 2.24) is 4.90 Å². The van der Waals surface area contributed by atoms with Gasteiger partial charge in [-0.2, -0.15) is 0 Å². The Hall–Kier alpha value is -0.810. The second-order valence-corrected chi connectivity index (χ2v) is 6.08. The number of carbonyl (C=O) groups excluding carboxylic acids is 1. The third kappa shape index (κ3) is 5.15. The van der Waals surface area contributed by atoms with Crippen molar-refractivity contribution in [2.24, 2.45) is 11.7 Å². The van der Waals surface area contributed by atoms with Crippen molar-refractivity contribution in [2.75, 3.05) is 25.0 Å². The lowest BCUT2D eigenvalue weighted by molar-refractivity contribution is -0.117. The second-order valence-electron chi connectivity index (χ2n) is 5.68. The van der Waals surface area contributed by atoms with Crippen molar-refractivity contribution in [3.63, 3.8) is 0 Å². The number of nitrogens with two attached hydrogens (primary N) is 1. The molecule has 1 amide bonds. The van der Waals surface area contributed by atoms with Crippen LogP contribution >= 0.6 is 24.0 Å². The van der Waals surface area contributed by atoms with Gasteiger partial charge in [0.25, 0.3) is 0 Å². The second kappa shape index (κ2) is 7.99. The van der Waals surface area contributed by atoms with Gasteiger partial charge in [0.05, 0.1) is 6.54 Å². The summed E-state index contributed by atoms with van der Waals surface area (Å²) in [5.41, 5.74) is 7.73. The molecule has 3 N–H and O–H groups in total. The Morgan fingerprint density at radius 1 is 1.52 bits per heavy atom. The van der Waals surface area contributed by atoms with Crippen LogP contribution in [0.3, 0.4) is 0 Å². The first-order valence-electron chi connectivity index (χ1n) is 6.99. The average molecular weight is 332 g/mol. The topological polar surface area (TPSA) is 58.4 Å². The van der Waals surface area contributed by atoms with E-state index < -0.39 is 0 Å². The lowest BCUT2D eigenvalue weighted by Gasteiger charge is -2.34. The number of hydrogen-bond acceptors (Lipinski definition) is 3. The highest BCUT2D eigenvalue weighted by atomic mass is 35.5. The normalized spacial score (nSPS) is 22.5. The molecular formula is C15H23Cl2N3O. The van der Waals surface area contributed by atoms with Crippen LogP contribution in [0.2, 0.25) is 5.02 Å². The summed E-state index contributed by atoms with van der Waals surface area (Å²) in [6.07, 6.45) is 0.949. The molecule has 2 unspecified atom stereocenters. The molecule has 0 spiro atoms. The van der Waals surface area contributed by atoms with Crippen LogP contribution in [0.4, 0.5) is 5.69 Å². The van der Waals surface area contributed by atoms with Crippen molar-refractivity contribution >= 4 is 35.6 Å². The van der Waals surface area contributed by atoms with Crippen molar-refractivity contribution < 1.29 is 4.79 Å². The van der Waals surface area contributed by atoms with E-state index in [9.17, 15) is 4.79 Å². The molecule has 0 saturated carbocycles. The molecule has 1 aliphatic heterocycles. The first kappa shape index (κ1) is 18.2. The fourth-order valence-electron chi connectivity index (χ4n) is 2.47. The van der Waals surface area contributed by atoms with Crippen LogP contribution in [-0.4, -0.2) is 36.5 Å². The van der Waals surface area contributed by atoms with Crippen LogP contribution in [-0.2, 0) is 4.79 Å². The van der Waals surface area contributed by atoms with E-state index in [1.54, 1.807) is 6.07 Å². The molecular weight excluding hydrogens is 309 g/mol. The van der Waals surface area contributed by atoms with Crippen LogP contribution in [0.1, 0.15) is 18.9 Å². The molecule has 6 heteroatoms. The minimum atomic E-state index is -0.00686. The average Bonchev–Trinajstić information content (AvgIpc) is 2.38. The van der Waals surface area contributed by atoms with E-state index in [0.717, 1.165) is 30.8 Å². The smallest absolute Gasteiger partial charge is 0.238 e. The molecule has 1 fully saturated rings. The van der Waals surface area contributed by atoms with Gasteiger partial charge in [0.1, 0.15) is 0 Å². The van der Waals surface area contributed by atoms with E-state index in [-0.39, 0.29) is 24.4 Å². The lowest BCUT2D eigenvalue weighted by Crippen LogP contribution is -2.48. The van der Waals surface area contributed by atoms with Gasteiger partial charge in [-0.1, -0.05) is 24.6 Å². The van der Waals surface area contributed by atoms with Crippen molar-refractivity contribution in [3.8, 4) is 0 Å². The highest BCUT2D eigenvalue weighted by Gasteiger charge is 2.24. The number of anilines is 1. The number of rotatable bonds is 3. The maximum Gasteiger partial charge on any atom is 0.238 e. The number of halogens is 2. The first-order valence-corrected chi connectivity index (χ1v) is 7.37. The largest absolute Gasteiger partial charge is 0.327 e. The number of nitrogens with zero attached hydrogens (tertiary/aromatic N) is 1. The van der Waals surface area contributed by atoms with Crippen LogP contribution in [0.25, 0.3) is 0 Å². The summed E-state index contributed by atoms with van der Waals surface area (Å²) in [5.74, 6) is 0.429. The predicted molar refractivity (Wildman–Crippen MR) is 90.3 cm³/mol. The SMILES string of the molecule is Cc1ccc(NC(=O)CN2CCC(N)C(C)C2)cc1Cl.Cl. The molecule has 118 valence electrons. The molecule has 4 nitrogen and oxygen atoms in total. The van der Waals surface area contributed by atoms with Crippen LogP contribution < -0.4 is 11.1 Å². The number of nitrogens with one attached hydrogen (secondary N) is 1. The first-order chi connectivity index (χ1) is 9.45. The zero-order valence-electron chi connectivity index (χ0n) is 12.4. The number of benzene rings is 1. The monoisotopic (exact) mass is 331 g/mol. The van der Waals surface area contributed by atoms with E-state index in [4.69, 9.17) is 17.3 Å². The van der Waals surface area contributed by atoms with E-state index in [0.29, 0.717) is 17.5 Å². The van der Waals surface area contributed by atoms with Gasteiger partial charge in [0.2, 0.25) is 5.91 Å². The van der Waals surface area contributed by atoms with Crippen molar-refractivity contribution in [1.29, 1.82) is 0 Å². The van der Waals surface area contributed by atoms with E-state index in [2.05, 4.69) is 17.1 Å². The number of aryl methyl sites for hydroxylation is 1. The van der Waals surface area contributed by atoms with Gasteiger partial charge in [-0.25, -0.2) is 0 Å². The van der Waals surface area contributed by atoms with Gasteiger partial charge in [-0.15, -0.1) is 12.4 Å². The molecule has 0 bridgehead atoms. The fourth-order valence-corrected chi connectivity index (χ4v) is 2.65. The molecule has 2 atom stereocenters. The quantitative estimate of drug-likeness (QED) is 0.895. The summed E-state index contributed by atoms with van der Waals surface area (Å²) in [6, 6.07) is 5.81. The van der Waals surface area contributed by atoms with Crippen LogP contribution in [0.5, 0.6) is 0 Å². The third-order valence-electron chi connectivity index (χ3n) is 3.88. The van der Waals surface area contributed by atoms with Gasteiger partial charge in [0.15, 0.2) is 0 Å². The van der Waals surface area contributed by atoms with Gasteiger partial charge in [0, 0.05) is 29.8 Å². The van der Waals surface area contributed by atoms with Crippen LogP contribution in [0.15, 0.2) is 18.2 Å². The molecule has 1 aliphatic rings. The Morgan fingerprint density at radius 3 is 2.86 bits per heavy atom. The van der Waals surface area contributed by atoms with E-state index >= 15 is 0 Å². The van der Waals surface area contributed by atoms with Crippen molar-refractivity contribution in [3.05, 3.63) is 28.8 Å². The minimum Gasteiger partial charge on any atom is -0.327 e. The highest BCUT2D eigenvalue weighted by molar-refractivity contribution is 6.31. The summed E-state index contributed by atoms with van der Waals surface area (Å²) in [7, 11) is 0. The number of amides is 1. The Morgan fingerprint density at radius 2 is 2.24 bits per heavy atom. The predicted octanol–water partition coefficient (Wildman–Crippen LogP) is 2.68. The number of likely N-dealkylation sites (tertiary alicyclic amines) is 1. The molecule has 1 heterocycles.